The maximum Gasteiger partial charge on any atom is 0.414 e. The predicted molar refractivity (Wildman–Crippen MR) is 95.9 cm³/mol. The first-order chi connectivity index (χ1) is 12.1. The van der Waals surface area contributed by atoms with E-state index in [2.05, 4.69) is 13.8 Å². The molecule has 2 aliphatic carbocycles. The Morgan fingerprint density at radius 1 is 1.08 bits per heavy atom. The van der Waals surface area contributed by atoms with E-state index in [1.165, 1.54) is 18.4 Å². The van der Waals surface area contributed by atoms with Gasteiger partial charge in [-0.3, -0.25) is 0 Å². The van der Waals surface area contributed by atoms with Gasteiger partial charge in [-0.2, -0.15) is 0 Å². The van der Waals surface area contributed by atoms with E-state index in [1.54, 1.807) is 12.1 Å². The highest BCUT2D eigenvalue weighted by Gasteiger charge is 2.57. The summed E-state index contributed by atoms with van der Waals surface area (Å²) in [7, 11) is 0. The molecular formula is C20H28O6. The molecule has 3 rings (SSSR count). The Hall–Kier alpha value is -2.08. The largest absolute Gasteiger partial charge is 0.508 e. The Bertz CT molecular complexity index is 643. The van der Waals surface area contributed by atoms with Gasteiger partial charge in [-0.15, -0.1) is 0 Å². The van der Waals surface area contributed by atoms with Crippen molar-refractivity contribution >= 4 is 11.9 Å². The van der Waals surface area contributed by atoms with Gasteiger partial charge in [0.1, 0.15) is 5.75 Å². The monoisotopic (exact) mass is 364 g/mol. The molecule has 1 aromatic carbocycles. The summed E-state index contributed by atoms with van der Waals surface area (Å²) < 4.78 is 0. The average Bonchev–Trinajstić information content (AvgIpc) is 2.81. The number of hydrogen-bond donors (Lipinski definition) is 4. The topological polar surface area (TPSA) is 115 Å². The van der Waals surface area contributed by atoms with E-state index in [9.17, 15) is 10.2 Å². The van der Waals surface area contributed by atoms with Crippen molar-refractivity contribution in [1.82, 2.24) is 0 Å². The third kappa shape index (κ3) is 4.18. The number of hydrogen-bond acceptors (Lipinski definition) is 4. The van der Waals surface area contributed by atoms with Crippen LogP contribution in [0.15, 0.2) is 24.3 Å². The van der Waals surface area contributed by atoms with Crippen LogP contribution in [0.2, 0.25) is 0 Å². The number of aliphatic carboxylic acids is 2. The fraction of sp³-hybridized carbons (Fsp3) is 0.600. The summed E-state index contributed by atoms with van der Waals surface area (Å²) in [6.45, 7) is 4.60. The number of aliphatic hydroxyl groups is 1. The van der Waals surface area contributed by atoms with Crippen molar-refractivity contribution < 1.29 is 30.0 Å². The highest BCUT2D eigenvalue weighted by atomic mass is 16.4. The van der Waals surface area contributed by atoms with Crippen LogP contribution in [-0.2, 0) is 16.0 Å². The van der Waals surface area contributed by atoms with E-state index in [0.717, 1.165) is 25.7 Å². The quantitative estimate of drug-likeness (QED) is 0.600. The zero-order valence-corrected chi connectivity index (χ0v) is 15.3. The zero-order valence-electron chi connectivity index (χ0n) is 15.3. The molecule has 0 radical (unpaired) electrons. The van der Waals surface area contributed by atoms with Crippen LogP contribution >= 0.6 is 0 Å². The SMILES string of the molecule is CC1CCC2(O)CC(Cc3ccc(O)cc3)CCC12C.O=C(O)C(=O)O. The van der Waals surface area contributed by atoms with Crippen LogP contribution in [0, 0.1) is 17.3 Å². The summed E-state index contributed by atoms with van der Waals surface area (Å²) in [6, 6.07) is 7.53. The maximum atomic E-state index is 11.1. The Labute approximate surface area is 153 Å². The Morgan fingerprint density at radius 2 is 1.65 bits per heavy atom. The van der Waals surface area contributed by atoms with Crippen molar-refractivity contribution in [3.8, 4) is 5.75 Å². The molecule has 4 atom stereocenters. The molecule has 26 heavy (non-hydrogen) atoms. The van der Waals surface area contributed by atoms with Crippen LogP contribution in [0.4, 0.5) is 0 Å². The van der Waals surface area contributed by atoms with Gasteiger partial charge in [-0.05, 0) is 73.5 Å². The van der Waals surface area contributed by atoms with Gasteiger partial charge >= 0.3 is 11.9 Å². The second kappa shape index (κ2) is 7.66. The van der Waals surface area contributed by atoms with Crippen LogP contribution in [0.25, 0.3) is 0 Å². The van der Waals surface area contributed by atoms with Crippen molar-refractivity contribution in [3.05, 3.63) is 29.8 Å². The van der Waals surface area contributed by atoms with E-state index in [4.69, 9.17) is 19.8 Å². The molecule has 6 heteroatoms. The molecule has 1 aromatic rings. The average molecular weight is 364 g/mol. The van der Waals surface area contributed by atoms with Crippen LogP contribution in [-0.4, -0.2) is 38.0 Å². The third-order valence-electron chi connectivity index (χ3n) is 6.48. The number of carboxylic acid groups (broad SMARTS) is 2. The first-order valence-electron chi connectivity index (χ1n) is 9.04. The lowest BCUT2D eigenvalue weighted by Crippen LogP contribution is -2.49. The van der Waals surface area contributed by atoms with E-state index < -0.39 is 17.5 Å². The zero-order chi connectivity index (χ0) is 19.5. The number of benzene rings is 1. The molecule has 0 aliphatic heterocycles. The lowest BCUT2D eigenvalue weighted by molar-refractivity contribution is -0.159. The smallest absolute Gasteiger partial charge is 0.414 e. The molecule has 0 amide bonds. The molecule has 0 bridgehead atoms. The van der Waals surface area contributed by atoms with Crippen molar-refractivity contribution in [3.63, 3.8) is 0 Å². The minimum Gasteiger partial charge on any atom is -0.508 e. The van der Waals surface area contributed by atoms with E-state index >= 15 is 0 Å². The van der Waals surface area contributed by atoms with Crippen LogP contribution in [0.3, 0.4) is 0 Å². The van der Waals surface area contributed by atoms with E-state index in [-0.39, 0.29) is 5.41 Å². The standard InChI is InChI=1S/C18H26O2.C2H2O4/c1-13-7-10-18(20)12-15(8-9-17(13,18)2)11-14-3-5-16(19)6-4-14;3-1(4)2(5)6/h3-6,13,15,19-20H,7-12H2,1-2H3;(H,3,4)(H,5,6). The third-order valence-corrected chi connectivity index (χ3v) is 6.48. The van der Waals surface area contributed by atoms with Gasteiger partial charge in [-0.1, -0.05) is 26.0 Å². The maximum absolute atomic E-state index is 11.1. The summed E-state index contributed by atoms with van der Waals surface area (Å²) in [4.78, 5) is 18.2. The van der Waals surface area contributed by atoms with Crippen molar-refractivity contribution in [1.29, 1.82) is 0 Å². The second-order valence-corrected chi connectivity index (χ2v) is 7.98. The van der Waals surface area contributed by atoms with Crippen LogP contribution < -0.4 is 0 Å². The first-order valence-corrected chi connectivity index (χ1v) is 9.04. The lowest BCUT2D eigenvalue weighted by Gasteiger charge is -2.49. The van der Waals surface area contributed by atoms with E-state index in [1.807, 2.05) is 12.1 Å². The molecule has 144 valence electrons. The number of phenolic OH excluding ortho intramolecular Hbond substituents is 1. The molecule has 4 unspecified atom stereocenters. The van der Waals surface area contributed by atoms with Gasteiger partial charge in [0.2, 0.25) is 0 Å². The van der Waals surface area contributed by atoms with Gasteiger partial charge < -0.3 is 20.4 Å². The fourth-order valence-corrected chi connectivity index (χ4v) is 4.56. The molecule has 6 nitrogen and oxygen atoms in total. The first kappa shape index (κ1) is 20.2. The minimum atomic E-state index is -1.82. The highest BCUT2D eigenvalue weighted by Crippen LogP contribution is 2.59. The van der Waals surface area contributed by atoms with Crippen molar-refractivity contribution in [2.24, 2.45) is 17.3 Å². The number of phenols is 1. The Balaban J connectivity index is 0.000000352. The molecule has 2 fully saturated rings. The normalized spacial score (nSPS) is 32.9. The van der Waals surface area contributed by atoms with Crippen LogP contribution in [0.1, 0.15) is 51.5 Å². The van der Waals surface area contributed by atoms with Gasteiger partial charge in [0.15, 0.2) is 0 Å². The second-order valence-electron chi connectivity index (χ2n) is 7.98. The number of carboxylic acids is 2. The number of rotatable bonds is 2. The van der Waals surface area contributed by atoms with Crippen molar-refractivity contribution in [2.45, 2.75) is 58.0 Å². The van der Waals surface area contributed by atoms with Gasteiger partial charge in [0, 0.05) is 0 Å². The number of fused-ring (bicyclic) bond motifs is 1. The summed E-state index contributed by atoms with van der Waals surface area (Å²) in [5.41, 5.74) is 0.941. The van der Waals surface area contributed by atoms with Gasteiger partial charge in [0.25, 0.3) is 0 Å². The predicted octanol–water partition coefficient (Wildman–Crippen LogP) is 3.06. The molecule has 2 aliphatic rings. The number of carbonyl (C=O) groups is 2. The molecular weight excluding hydrogens is 336 g/mol. The van der Waals surface area contributed by atoms with Crippen molar-refractivity contribution in [2.75, 3.05) is 0 Å². The summed E-state index contributed by atoms with van der Waals surface area (Å²) in [6.07, 6.45) is 6.45. The number of aromatic hydroxyl groups is 1. The highest BCUT2D eigenvalue weighted by molar-refractivity contribution is 6.27. The summed E-state index contributed by atoms with van der Waals surface area (Å²) in [5.74, 6) is -2.11. The molecule has 0 spiro atoms. The summed E-state index contributed by atoms with van der Waals surface area (Å²) in [5, 5.41) is 35.2. The minimum absolute atomic E-state index is 0.123. The van der Waals surface area contributed by atoms with Crippen LogP contribution in [0.5, 0.6) is 5.75 Å². The molecule has 4 N–H and O–H groups in total. The summed E-state index contributed by atoms with van der Waals surface area (Å²) >= 11 is 0. The Kier molecular flexibility index (Phi) is 5.96. The van der Waals surface area contributed by atoms with Gasteiger partial charge in [-0.25, -0.2) is 9.59 Å². The fourth-order valence-electron chi connectivity index (χ4n) is 4.56. The lowest BCUT2D eigenvalue weighted by atomic mass is 9.60. The Morgan fingerprint density at radius 3 is 2.19 bits per heavy atom. The molecule has 0 aromatic heterocycles. The molecule has 0 heterocycles. The molecule has 0 saturated heterocycles. The van der Waals surface area contributed by atoms with E-state index in [0.29, 0.717) is 17.6 Å². The molecule has 2 saturated carbocycles. The van der Waals surface area contributed by atoms with Gasteiger partial charge in [0.05, 0.1) is 5.60 Å².